The highest BCUT2D eigenvalue weighted by Crippen LogP contribution is 2.37. The Morgan fingerprint density at radius 2 is 1.32 bits per heavy atom. The van der Waals surface area contributed by atoms with Crippen molar-refractivity contribution < 1.29 is 0 Å². The predicted molar refractivity (Wildman–Crippen MR) is 97.8 cm³/mol. The summed E-state index contributed by atoms with van der Waals surface area (Å²) in [6.45, 7) is 6.73. The Hall–Kier alpha value is -2.34. The second-order valence-electron chi connectivity index (χ2n) is 6.16. The first kappa shape index (κ1) is 13.3. The first-order chi connectivity index (χ1) is 10.7. The van der Waals surface area contributed by atoms with Gasteiger partial charge in [0.05, 0.1) is 0 Å². The molecule has 0 amide bonds. The Morgan fingerprint density at radius 3 is 2.09 bits per heavy atom. The fraction of sp³-hybridized carbons (Fsp3) is 0.182. The molecule has 0 fully saturated rings. The zero-order chi connectivity index (χ0) is 15.3. The third kappa shape index (κ3) is 1.70. The monoisotopic (exact) mass is 284 g/mol. The van der Waals surface area contributed by atoms with E-state index in [0.29, 0.717) is 0 Å². The highest BCUT2D eigenvalue weighted by molar-refractivity contribution is 6.17. The van der Waals surface area contributed by atoms with Crippen LogP contribution in [0.1, 0.15) is 23.6 Å². The van der Waals surface area contributed by atoms with Crippen molar-refractivity contribution in [2.75, 3.05) is 0 Å². The maximum absolute atomic E-state index is 2.32. The van der Waals surface area contributed by atoms with E-state index in [1.54, 1.807) is 0 Å². The lowest BCUT2D eigenvalue weighted by Gasteiger charge is -2.16. The van der Waals surface area contributed by atoms with E-state index in [4.69, 9.17) is 0 Å². The van der Waals surface area contributed by atoms with Crippen LogP contribution in [0, 0.1) is 13.8 Å². The van der Waals surface area contributed by atoms with Gasteiger partial charge in [-0.15, -0.1) is 0 Å². The highest BCUT2D eigenvalue weighted by atomic mass is 14.2. The molecule has 0 heteroatoms. The summed E-state index contributed by atoms with van der Waals surface area (Å²) in [5.74, 6) is 0. The quantitative estimate of drug-likeness (QED) is 0.283. The number of hydrogen-bond donors (Lipinski definition) is 0. The largest absolute Gasteiger partial charge is 0.0616 e. The van der Waals surface area contributed by atoms with Gasteiger partial charge in [-0.1, -0.05) is 61.5 Å². The van der Waals surface area contributed by atoms with Crippen LogP contribution < -0.4 is 0 Å². The number of fused-ring (bicyclic) bond motifs is 4. The number of hydrogen-bond acceptors (Lipinski definition) is 0. The van der Waals surface area contributed by atoms with Crippen LogP contribution in [0.2, 0.25) is 0 Å². The van der Waals surface area contributed by atoms with Crippen molar-refractivity contribution >= 4 is 32.3 Å². The van der Waals surface area contributed by atoms with Crippen molar-refractivity contribution in [1.29, 1.82) is 0 Å². The first-order valence-corrected chi connectivity index (χ1v) is 8.04. The topological polar surface area (TPSA) is 0 Å². The van der Waals surface area contributed by atoms with E-state index in [-0.39, 0.29) is 0 Å². The van der Waals surface area contributed by atoms with Crippen molar-refractivity contribution in [1.82, 2.24) is 0 Å². The third-order valence-corrected chi connectivity index (χ3v) is 4.99. The molecule has 0 aliphatic carbocycles. The van der Waals surface area contributed by atoms with Crippen molar-refractivity contribution in [3.8, 4) is 0 Å². The van der Waals surface area contributed by atoms with Gasteiger partial charge in [-0.05, 0) is 69.3 Å². The van der Waals surface area contributed by atoms with Gasteiger partial charge in [-0.2, -0.15) is 0 Å². The van der Waals surface area contributed by atoms with Crippen LogP contribution >= 0.6 is 0 Å². The van der Waals surface area contributed by atoms with Crippen LogP contribution in [0.4, 0.5) is 0 Å². The summed E-state index contributed by atoms with van der Waals surface area (Å²) in [6.07, 6.45) is 1.06. The molecule has 4 aromatic rings. The molecule has 0 saturated heterocycles. The van der Waals surface area contributed by atoms with Crippen molar-refractivity contribution in [2.45, 2.75) is 27.2 Å². The number of rotatable bonds is 1. The number of aryl methyl sites for hydroxylation is 3. The molecule has 0 heterocycles. The van der Waals surface area contributed by atoms with Crippen LogP contribution in [0.25, 0.3) is 32.3 Å². The average Bonchev–Trinajstić information content (AvgIpc) is 2.55. The molecule has 0 nitrogen and oxygen atoms in total. The second-order valence-corrected chi connectivity index (χ2v) is 6.16. The van der Waals surface area contributed by atoms with E-state index < -0.39 is 0 Å². The molecular weight excluding hydrogens is 264 g/mol. The summed E-state index contributed by atoms with van der Waals surface area (Å²) >= 11 is 0. The Labute approximate surface area is 131 Å². The predicted octanol–water partition coefficient (Wildman–Crippen LogP) is 6.33. The number of benzene rings is 4. The maximum atomic E-state index is 2.32. The second kappa shape index (κ2) is 4.84. The Bertz CT molecular complexity index is 1020. The molecule has 22 heavy (non-hydrogen) atoms. The van der Waals surface area contributed by atoms with E-state index in [9.17, 15) is 0 Å². The molecule has 0 radical (unpaired) electrons. The molecule has 0 aliphatic heterocycles. The molecule has 0 aliphatic rings. The minimum atomic E-state index is 1.06. The molecule has 0 bridgehead atoms. The summed E-state index contributed by atoms with van der Waals surface area (Å²) in [5.41, 5.74) is 4.23. The molecule has 0 spiro atoms. The average molecular weight is 284 g/mol. The lowest BCUT2D eigenvalue weighted by atomic mass is 9.88. The Balaban J connectivity index is 2.36. The fourth-order valence-electron chi connectivity index (χ4n) is 3.90. The maximum Gasteiger partial charge on any atom is -0.00668 e. The van der Waals surface area contributed by atoms with Gasteiger partial charge in [-0.3, -0.25) is 0 Å². The first-order valence-electron chi connectivity index (χ1n) is 8.04. The van der Waals surface area contributed by atoms with E-state index in [1.165, 1.54) is 49.0 Å². The van der Waals surface area contributed by atoms with Gasteiger partial charge in [-0.25, -0.2) is 0 Å². The standard InChI is InChI=1S/C22H20/c1-4-16-19-10-6-5-9-18(19)15(3)22-20-11-7-8-14(2)17(20)12-13-21(16)22/h5-13H,4H2,1-3H3. The molecule has 0 N–H and O–H groups in total. The molecule has 4 aromatic carbocycles. The van der Waals surface area contributed by atoms with Gasteiger partial charge in [0.15, 0.2) is 0 Å². The summed E-state index contributed by atoms with van der Waals surface area (Å²) < 4.78 is 0. The fourth-order valence-corrected chi connectivity index (χ4v) is 3.90. The minimum Gasteiger partial charge on any atom is -0.0616 e. The third-order valence-electron chi connectivity index (χ3n) is 4.99. The summed E-state index contributed by atoms with van der Waals surface area (Å²) in [4.78, 5) is 0. The van der Waals surface area contributed by atoms with E-state index in [2.05, 4.69) is 75.4 Å². The van der Waals surface area contributed by atoms with Crippen LogP contribution in [0.3, 0.4) is 0 Å². The van der Waals surface area contributed by atoms with E-state index in [1.807, 2.05) is 0 Å². The zero-order valence-electron chi connectivity index (χ0n) is 13.4. The van der Waals surface area contributed by atoms with Gasteiger partial charge in [0, 0.05) is 0 Å². The van der Waals surface area contributed by atoms with Crippen LogP contribution in [0.15, 0.2) is 54.6 Å². The summed E-state index contributed by atoms with van der Waals surface area (Å²) in [6, 6.07) is 20.1. The normalized spacial score (nSPS) is 11.6. The molecule has 108 valence electrons. The Morgan fingerprint density at radius 1 is 0.636 bits per heavy atom. The van der Waals surface area contributed by atoms with E-state index >= 15 is 0 Å². The van der Waals surface area contributed by atoms with Crippen LogP contribution in [-0.2, 0) is 6.42 Å². The van der Waals surface area contributed by atoms with E-state index in [0.717, 1.165) is 6.42 Å². The van der Waals surface area contributed by atoms with Gasteiger partial charge in [0.25, 0.3) is 0 Å². The van der Waals surface area contributed by atoms with Crippen LogP contribution in [-0.4, -0.2) is 0 Å². The summed E-state index contributed by atoms with van der Waals surface area (Å²) in [5, 5.41) is 8.39. The zero-order valence-corrected chi connectivity index (χ0v) is 13.4. The molecule has 0 aromatic heterocycles. The van der Waals surface area contributed by atoms with Gasteiger partial charge >= 0.3 is 0 Å². The van der Waals surface area contributed by atoms with Gasteiger partial charge < -0.3 is 0 Å². The Kier molecular flexibility index (Phi) is 2.94. The lowest BCUT2D eigenvalue weighted by Crippen LogP contribution is -1.93. The van der Waals surface area contributed by atoms with Crippen LogP contribution in [0.5, 0.6) is 0 Å². The molecule has 0 atom stereocenters. The molecule has 0 unspecified atom stereocenters. The molecule has 4 rings (SSSR count). The lowest BCUT2D eigenvalue weighted by molar-refractivity contribution is 1.18. The smallest absolute Gasteiger partial charge is 0.00668 e. The molecule has 0 saturated carbocycles. The highest BCUT2D eigenvalue weighted by Gasteiger charge is 2.12. The SMILES string of the molecule is CCc1c2ccccc2c(C)c2c1ccc1c(C)cccc12. The van der Waals surface area contributed by atoms with Gasteiger partial charge in [0.1, 0.15) is 0 Å². The van der Waals surface area contributed by atoms with Crippen molar-refractivity contribution in [2.24, 2.45) is 0 Å². The summed E-state index contributed by atoms with van der Waals surface area (Å²) in [7, 11) is 0. The van der Waals surface area contributed by atoms with Gasteiger partial charge in [0.2, 0.25) is 0 Å². The molecular formula is C22H20. The van der Waals surface area contributed by atoms with Crippen molar-refractivity contribution in [3.63, 3.8) is 0 Å². The minimum absolute atomic E-state index is 1.06. The van der Waals surface area contributed by atoms with Crippen molar-refractivity contribution in [3.05, 3.63) is 71.3 Å².